The van der Waals surface area contributed by atoms with E-state index in [-0.39, 0.29) is 11.4 Å². The van der Waals surface area contributed by atoms with Gasteiger partial charge in [0.2, 0.25) is 0 Å². The van der Waals surface area contributed by atoms with Crippen molar-refractivity contribution in [2.24, 2.45) is 0 Å². The largest absolute Gasteiger partial charge is 0.337 e. The molecular formula is C18H26N2O. The predicted octanol–water partition coefficient (Wildman–Crippen LogP) is 3.66. The van der Waals surface area contributed by atoms with Gasteiger partial charge >= 0.3 is 6.03 Å². The maximum absolute atomic E-state index is 12.0. The van der Waals surface area contributed by atoms with Crippen LogP contribution in [0.25, 0.3) is 0 Å². The van der Waals surface area contributed by atoms with Gasteiger partial charge in [-0.05, 0) is 38.2 Å². The second-order valence-electron chi connectivity index (χ2n) is 6.81. The highest BCUT2D eigenvalue weighted by molar-refractivity contribution is 5.74. The standard InChI is InChI=1S/C18H26N2O/c1-14-7-9-15(10-8-14)18(11-12-18)13-19-17(21)20-16-5-3-2-4-6-16/h7-10,16H,2-6,11-13H2,1H3,(H2,19,20,21). The highest BCUT2D eigenvalue weighted by Gasteiger charge is 2.44. The summed E-state index contributed by atoms with van der Waals surface area (Å²) in [4.78, 5) is 12.0. The number of rotatable bonds is 4. The molecule has 0 radical (unpaired) electrons. The summed E-state index contributed by atoms with van der Waals surface area (Å²) in [6.07, 6.45) is 8.44. The molecule has 3 nitrogen and oxygen atoms in total. The van der Waals surface area contributed by atoms with Crippen molar-refractivity contribution in [3.63, 3.8) is 0 Å². The summed E-state index contributed by atoms with van der Waals surface area (Å²) in [5, 5.41) is 6.23. The Kier molecular flexibility index (Phi) is 4.18. The van der Waals surface area contributed by atoms with Crippen LogP contribution in [0, 0.1) is 6.92 Å². The second-order valence-corrected chi connectivity index (χ2v) is 6.81. The maximum atomic E-state index is 12.0. The first-order valence-electron chi connectivity index (χ1n) is 8.29. The molecule has 2 amide bonds. The van der Waals surface area contributed by atoms with Gasteiger partial charge < -0.3 is 10.6 Å². The Bertz CT molecular complexity index is 484. The van der Waals surface area contributed by atoms with Crippen LogP contribution in [0.1, 0.15) is 56.1 Å². The molecule has 0 atom stereocenters. The van der Waals surface area contributed by atoms with E-state index in [9.17, 15) is 4.79 Å². The molecule has 2 aliphatic rings. The second kappa shape index (κ2) is 6.08. The van der Waals surface area contributed by atoms with Crippen molar-refractivity contribution in [2.75, 3.05) is 6.54 Å². The van der Waals surface area contributed by atoms with E-state index in [1.165, 1.54) is 43.2 Å². The molecule has 1 aromatic carbocycles. The van der Waals surface area contributed by atoms with Crippen molar-refractivity contribution in [2.45, 2.75) is 63.3 Å². The Balaban J connectivity index is 1.50. The van der Waals surface area contributed by atoms with Crippen LogP contribution in [0.2, 0.25) is 0 Å². The van der Waals surface area contributed by atoms with Crippen LogP contribution in [0.15, 0.2) is 24.3 Å². The van der Waals surface area contributed by atoms with E-state index in [1.54, 1.807) is 0 Å². The molecule has 0 aromatic heterocycles. The van der Waals surface area contributed by atoms with Gasteiger partial charge in [-0.2, -0.15) is 0 Å². The topological polar surface area (TPSA) is 41.1 Å². The molecule has 3 heteroatoms. The number of carbonyl (C=O) groups excluding carboxylic acids is 1. The van der Waals surface area contributed by atoms with Gasteiger partial charge in [0.1, 0.15) is 0 Å². The van der Waals surface area contributed by atoms with E-state index in [0.717, 1.165) is 19.4 Å². The fraction of sp³-hybridized carbons (Fsp3) is 0.611. The van der Waals surface area contributed by atoms with Gasteiger partial charge in [0.05, 0.1) is 0 Å². The molecule has 0 bridgehead atoms. The number of urea groups is 1. The van der Waals surface area contributed by atoms with Gasteiger partial charge in [-0.25, -0.2) is 4.79 Å². The zero-order valence-corrected chi connectivity index (χ0v) is 13.0. The van der Waals surface area contributed by atoms with Gasteiger partial charge in [-0.3, -0.25) is 0 Å². The molecule has 2 saturated carbocycles. The Morgan fingerprint density at radius 1 is 1.14 bits per heavy atom. The first-order valence-corrected chi connectivity index (χ1v) is 8.29. The molecule has 0 saturated heterocycles. The minimum Gasteiger partial charge on any atom is -0.337 e. The molecule has 3 rings (SSSR count). The van der Waals surface area contributed by atoms with Crippen molar-refractivity contribution in [1.82, 2.24) is 10.6 Å². The Labute approximate surface area is 127 Å². The summed E-state index contributed by atoms with van der Waals surface area (Å²) in [6.45, 7) is 2.87. The molecule has 0 spiro atoms. The molecular weight excluding hydrogens is 260 g/mol. The number of nitrogens with one attached hydrogen (secondary N) is 2. The lowest BCUT2D eigenvalue weighted by Crippen LogP contribution is -2.45. The van der Waals surface area contributed by atoms with E-state index in [4.69, 9.17) is 0 Å². The third kappa shape index (κ3) is 3.58. The van der Waals surface area contributed by atoms with Gasteiger partial charge in [-0.15, -0.1) is 0 Å². The molecule has 114 valence electrons. The van der Waals surface area contributed by atoms with Crippen molar-refractivity contribution in [1.29, 1.82) is 0 Å². The van der Waals surface area contributed by atoms with E-state index in [0.29, 0.717) is 6.04 Å². The van der Waals surface area contributed by atoms with Crippen LogP contribution < -0.4 is 10.6 Å². The third-order valence-corrected chi connectivity index (χ3v) is 5.05. The minimum absolute atomic E-state index is 0.0142. The van der Waals surface area contributed by atoms with Crippen LogP contribution in [-0.4, -0.2) is 18.6 Å². The first-order chi connectivity index (χ1) is 10.2. The normalized spacial score (nSPS) is 20.8. The van der Waals surface area contributed by atoms with Crippen LogP contribution >= 0.6 is 0 Å². The smallest absolute Gasteiger partial charge is 0.315 e. The SMILES string of the molecule is Cc1ccc(C2(CNC(=O)NC3CCCCC3)CC2)cc1. The zero-order chi connectivity index (χ0) is 14.7. The predicted molar refractivity (Wildman–Crippen MR) is 85.5 cm³/mol. The van der Waals surface area contributed by atoms with E-state index in [2.05, 4.69) is 41.8 Å². The third-order valence-electron chi connectivity index (χ3n) is 5.05. The molecule has 0 unspecified atom stereocenters. The Hall–Kier alpha value is -1.51. The monoisotopic (exact) mass is 286 g/mol. The fourth-order valence-electron chi connectivity index (χ4n) is 3.36. The molecule has 21 heavy (non-hydrogen) atoms. The number of aryl methyl sites for hydroxylation is 1. The number of hydrogen-bond donors (Lipinski definition) is 2. The van der Waals surface area contributed by atoms with E-state index in [1.807, 2.05) is 0 Å². The van der Waals surface area contributed by atoms with E-state index < -0.39 is 0 Å². The molecule has 2 aliphatic carbocycles. The summed E-state index contributed by atoms with van der Waals surface area (Å²) in [7, 11) is 0. The summed E-state index contributed by atoms with van der Waals surface area (Å²) in [5.41, 5.74) is 2.85. The quantitative estimate of drug-likeness (QED) is 0.871. The lowest BCUT2D eigenvalue weighted by atomic mass is 9.95. The molecule has 2 fully saturated rings. The Morgan fingerprint density at radius 3 is 2.43 bits per heavy atom. The zero-order valence-electron chi connectivity index (χ0n) is 13.0. The van der Waals surface area contributed by atoms with Gasteiger partial charge in [0.15, 0.2) is 0 Å². The van der Waals surface area contributed by atoms with Crippen LogP contribution in [0.3, 0.4) is 0 Å². The van der Waals surface area contributed by atoms with Crippen molar-refractivity contribution in [3.8, 4) is 0 Å². The lowest BCUT2D eigenvalue weighted by molar-refractivity contribution is 0.231. The van der Waals surface area contributed by atoms with Crippen LogP contribution in [0.5, 0.6) is 0 Å². The maximum Gasteiger partial charge on any atom is 0.315 e. The molecule has 1 aromatic rings. The number of hydrogen-bond acceptors (Lipinski definition) is 1. The number of carbonyl (C=O) groups is 1. The van der Waals surface area contributed by atoms with Crippen molar-refractivity contribution < 1.29 is 4.79 Å². The minimum atomic E-state index is 0.0142. The summed E-state index contributed by atoms with van der Waals surface area (Å²) < 4.78 is 0. The number of amides is 2. The Morgan fingerprint density at radius 2 is 1.81 bits per heavy atom. The summed E-state index contributed by atoms with van der Waals surface area (Å²) >= 11 is 0. The summed E-state index contributed by atoms with van der Waals surface area (Å²) in [6, 6.07) is 9.15. The molecule has 2 N–H and O–H groups in total. The molecule has 0 aliphatic heterocycles. The highest BCUT2D eigenvalue weighted by atomic mass is 16.2. The fourth-order valence-corrected chi connectivity index (χ4v) is 3.36. The van der Waals surface area contributed by atoms with Gasteiger partial charge in [0, 0.05) is 18.0 Å². The van der Waals surface area contributed by atoms with Crippen LogP contribution in [-0.2, 0) is 5.41 Å². The van der Waals surface area contributed by atoms with Crippen LogP contribution in [0.4, 0.5) is 4.79 Å². The lowest BCUT2D eigenvalue weighted by Gasteiger charge is -2.24. The van der Waals surface area contributed by atoms with Gasteiger partial charge in [0.25, 0.3) is 0 Å². The average Bonchev–Trinajstić information content (AvgIpc) is 3.28. The van der Waals surface area contributed by atoms with E-state index >= 15 is 0 Å². The highest BCUT2D eigenvalue weighted by Crippen LogP contribution is 2.47. The van der Waals surface area contributed by atoms with Crippen molar-refractivity contribution in [3.05, 3.63) is 35.4 Å². The number of benzene rings is 1. The van der Waals surface area contributed by atoms with Gasteiger partial charge in [-0.1, -0.05) is 49.1 Å². The van der Waals surface area contributed by atoms with Crippen molar-refractivity contribution >= 4 is 6.03 Å². The summed E-state index contributed by atoms with van der Waals surface area (Å²) in [5.74, 6) is 0. The first kappa shape index (κ1) is 14.4. The molecule has 0 heterocycles. The average molecular weight is 286 g/mol.